The Bertz CT molecular complexity index is 434. The molecule has 18 heavy (non-hydrogen) atoms. The molecule has 0 radical (unpaired) electrons. The normalized spacial score (nSPS) is 11.9. The SMILES string of the molecule is CCCC(CC(=O)O)NC(=O)c1cccc(F)c1. The van der Waals surface area contributed by atoms with Gasteiger partial charge in [0, 0.05) is 11.6 Å². The number of carbonyl (C=O) groups is 2. The Morgan fingerprint density at radius 1 is 1.44 bits per heavy atom. The molecular weight excluding hydrogens is 237 g/mol. The van der Waals surface area contributed by atoms with E-state index < -0.39 is 23.7 Å². The molecule has 0 aliphatic rings. The molecule has 0 aromatic heterocycles. The van der Waals surface area contributed by atoms with Crippen LogP contribution in [0.1, 0.15) is 36.5 Å². The van der Waals surface area contributed by atoms with Gasteiger partial charge in [-0.25, -0.2) is 4.39 Å². The van der Waals surface area contributed by atoms with Crippen LogP contribution in [0.4, 0.5) is 4.39 Å². The average Bonchev–Trinajstić information content (AvgIpc) is 2.28. The molecule has 0 saturated heterocycles. The Hall–Kier alpha value is -1.91. The highest BCUT2D eigenvalue weighted by molar-refractivity contribution is 5.94. The van der Waals surface area contributed by atoms with Crippen molar-refractivity contribution in [2.24, 2.45) is 0 Å². The Morgan fingerprint density at radius 3 is 2.72 bits per heavy atom. The van der Waals surface area contributed by atoms with E-state index in [0.29, 0.717) is 6.42 Å². The van der Waals surface area contributed by atoms with E-state index in [9.17, 15) is 14.0 Å². The maximum Gasteiger partial charge on any atom is 0.305 e. The number of carbonyl (C=O) groups excluding carboxylic acids is 1. The van der Waals surface area contributed by atoms with Gasteiger partial charge in [-0.05, 0) is 24.6 Å². The topological polar surface area (TPSA) is 66.4 Å². The van der Waals surface area contributed by atoms with Crippen molar-refractivity contribution in [3.05, 3.63) is 35.6 Å². The highest BCUT2D eigenvalue weighted by Crippen LogP contribution is 2.07. The van der Waals surface area contributed by atoms with Crippen molar-refractivity contribution in [3.63, 3.8) is 0 Å². The smallest absolute Gasteiger partial charge is 0.305 e. The van der Waals surface area contributed by atoms with Crippen molar-refractivity contribution >= 4 is 11.9 Å². The number of aliphatic carboxylic acids is 1. The van der Waals surface area contributed by atoms with Crippen molar-refractivity contribution in [2.45, 2.75) is 32.2 Å². The molecule has 1 aromatic rings. The molecule has 0 aliphatic carbocycles. The first-order valence-corrected chi connectivity index (χ1v) is 5.81. The Balaban J connectivity index is 2.68. The van der Waals surface area contributed by atoms with Gasteiger partial charge in [0.25, 0.3) is 5.91 Å². The molecule has 0 saturated carbocycles. The largest absolute Gasteiger partial charge is 0.481 e. The molecule has 1 unspecified atom stereocenters. The Kier molecular flexibility index (Phi) is 5.30. The van der Waals surface area contributed by atoms with Gasteiger partial charge < -0.3 is 10.4 Å². The van der Waals surface area contributed by atoms with Gasteiger partial charge in [0.15, 0.2) is 0 Å². The van der Waals surface area contributed by atoms with Crippen molar-refractivity contribution in [1.29, 1.82) is 0 Å². The fraction of sp³-hybridized carbons (Fsp3) is 0.385. The number of amides is 1. The van der Waals surface area contributed by atoms with Crippen LogP contribution in [0.25, 0.3) is 0 Å². The van der Waals surface area contributed by atoms with E-state index in [1.54, 1.807) is 0 Å². The summed E-state index contributed by atoms with van der Waals surface area (Å²) < 4.78 is 12.9. The maximum absolute atomic E-state index is 12.9. The van der Waals surface area contributed by atoms with Crippen molar-refractivity contribution in [2.75, 3.05) is 0 Å². The lowest BCUT2D eigenvalue weighted by Crippen LogP contribution is -2.36. The number of halogens is 1. The molecule has 1 rings (SSSR count). The van der Waals surface area contributed by atoms with Gasteiger partial charge >= 0.3 is 5.97 Å². The maximum atomic E-state index is 12.9. The van der Waals surface area contributed by atoms with Gasteiger partial charge in [0.2, 0.25) is 0 Å². The van der Waals surface area contributed by atoms with E-state index in [2.05, 4.69) is 5.32 Å². The predicted molar refractivity (Wildman–Crippen MR) is 64.8 cm³/mol. The standard InChI is InChI=1S/C13H16FNO3/c1-2-4-11(8-12(16)17)15-13(18)9-5-3-6-10(14)7-9/h3,5-7,11H,2,4,8H2,1H3,(H,15,18)(H,16,17). The van der Waals surface area contributed by atoms with Crippen LogP contribution < -0.4 is 5.32 Å². The van der Waals surface area contributed by atoms with Crippen LogP contribution in [0, 0.1) is 5.82 Å². The fourth-order valence-corrected chi connectivity index (χ4v) is 1.68. The van der Waals surface area contributed by atoms with Crippen LogP contribution in [-0.4, -0.2) is 23.0 Å². The van der Waals surface area contributed by atoms with E-state index >= 15 is 0 Å². The summed E-state index contributed by atoms with van der Waals surface area (Å²) in [5, 5.41) is 11.3. The molecule has 98 valence electrons. The molecule has 5 heteroatoms. The zero-order valence-electron chi connectivity index (χ0n) is 10.1. The second kappa shape index (κ2) is 6.74. The van der Waals surface area contributed by atoms with E-state index in [4.69, 9.17) is 5.11 Å². The predicted octanol–water partition coefficient (Wildman–Crippen LogP) is 2.20. The minimum Gasteiger partial charge on any atom is -0.481 e. The summed E-state index contributed by atoms with van der Waals surface area (Å²) in [7, 11) is 0. The summed E-state index contributed by atoms with van der Waals surface area (Å²) in [5.41, 5.74) is 0.196. The number of carboxylic acids is 1. The monoisotopic (exact) mass is 253 g/mol. The first-order chi connectivity index (χ1) is 8.52. The summed E-state index contributed by atoms with van der Waals surface area (Å²) in [4.78, 5) is 22.4. The molecule has 0 bridgehead atoms. The van der Waals surface area contributed by atoms with E-state index in [-0.39, 0.29) is 12.0 Å². The van der Waals surface area contributed by atoms with Crippen LogP contribution in [0.3, 0.4) is 0 Å². The summed E-state index contributed by atoms with van der Waals surface area (Å²) >= 11 is 0. The highest BCUT2D eigenvalue weighted by Gasteiger charge is 2.16. The lowest BCUT2D eigenvalue weighted by molar-refractivity contribution is -0.137. The number of nitrogens with one attached hydrogen (secondary N) is 1. The number of carboxylic acid groups (broad SMARTS) is 1. The number of benzene rings is 1. The van der Waals surface area contributed by atoms with Crippen molar-refractivity contribution in [1.82, 2.24) is 5.32 Å². The quantitative estimate of drug-likeness (QED) is 0.816. The van der Waals surface area contributed by atoms with Gasteiger partial charge in [-0.1, -0.05) is 19.4 Å². The summed E-state index contributed by atoms with van der Waals surface area (Å²) in [5.74, 6) is -1.91. The third-order valence-electron chi connectivity index (χ3n) is 2.48. The Labute approximate surface area is 105 Å². The van der Waals surface area contributed by atoms with Gasteiger partial charge in [-0.3, -0.25) is 9.59 Å². The molecule has 1 atom stereocenters. The zero-order chi connectivity index (χ0) is 13.5. The molecule has 0 aliphatic heterocycles. The molecule has 1 aromatic carbocycles. The number of hydrogen-bond acceptors (Lipinski definition) is 2. The first-order valence-electron chi connectivity index (χ1n) is 5.81. The second-order valence-electron chi connectivity index (χ2n) is 4.07. The lowest BCUT2D eigenvalue weighted by atomic mass is 10.1. The summed E-state index contributed by atoms with van der Waals surface area (Å²) in [6.45, 7) is 1.91. The van der Waals surface area contributed by atoms with E-state index in [0.717, 1.165) is 12.5 Å². The minimum absolute atomic E-state index is 0.130. The average molecular weight is 253 g/mol. The summed E-state index contributed by atoms with van der Waals surface area (Å²) in [6.07, 6.45) is 1.21. The Morgan fingerprint density at radius 2 is 2.17 bits per heavy atom. The van der Waals surface area contributed by atoms with E-state index in [1.807, 2.05) is 6.92 Å². The van der Waals surface area contributed by atoms with Crippen LogP contribution in [-0.2, 0) is 4.79 Å². The third kappa shape index (κ3) is 4.53. The van der Waals surface area contributed by atoms with Crippen molar-refractivity contribution in [3.8, 4) is 0 Å². The third-order valence-corrected chi connectivity index (χ3v) is 2.48. The zero-order valence-corrected chi connectivity index (χ0v) is 10.1. The van der Waals surface area contributed by atoms with Gasteiger partial charge in [0.1, 0.15) is 5.82 Å². The molecule has 2 N–H and O–H groups in total. The molecule has 0 heterocycles. The second-order valence-corrected chi connectivity index (χ2v) is 4.07. The molecule has 1 amide bonds. The van der Waals surface area contributed by atoms with Gasteiger partial charge in [-0.2, -0.15) is 0 Å². The van der Waals surface area contributed by atoms with Crippen LogP contribution in [0.2, 0.25) is 0 Å². The van der Waals surface area contributed by atoms with E-state index in [1.165, 1.54) is 18.2 Å². The first kappa shape index (κ1) is 14.2. The molecule has 4 nitrogen and oxygen atoms in total. The van der Waals surface area contributed by atoms with Gasteiger partial charge in [0.05, 0.1) is 6.42 Å². The van der Waals surface area contributed by atoms with Crippen LogP contribution in [0.15, 0.2) is 24.3 Å². The van der Waals surface area contributed by atoms with Crippen LogP contribution >= 0.6 is 0 Å². The lowest BCUT2D eigenvalue weighted by Gasteiger charge is -2.16. The van der Waals surface area contributed by atoms with Gasteiger partial charge in [-0.15, -0.1) is 0 Å². The number of rotatable bonds is 6. The highest BCUT2D eigenvalue weighted by atomic mass is 19.1. The molecular formula is C13H16FNO3. The minimum atomic E-state index is -0.965. The number of hydrogen-bond donors (Lipinski definition) is 2. The fourth-order valence-electron chi connectivity index (χ4n) is 1.68. The van der Waals surface area contributed by atoms with Crippen molar-refractivity contribution < 1.29 is 19.1 Å². The summed E-state index contributed by atoms with van der Waals surface area (Å²) in [6, 6.07) is 4.87. The van der Waals surface area contributed by atoms with Crippen LogP contribution in [0.5, 0.6) is 0 Å². The molecule has 0 fully saturated rings. The molecule has 0 spiro atoms.